The van der Waals surface area contributed by atoms with E-state index in [1.54, 1.807) is 17.0 Å². The third kappa shape index (κ3) is 3.19. The van der Waals surface area contributed by atoms with E-state index in [1.165, 1.54) is 0 Å². The van der Waals surface area contributed by atoms with Crippen LogP contribution in [0.25, 0.3) is 11.3 Å². The van der Waals surface area contributed by atoms with Crippen molar-refractivity contribution in [2.24, 2.45) is 0 Å². The number of amides is 1. The van der Waals surface area contributed by atoms with E-state index < -0.39 is 0 Å². The van der Waals surface area contributed by atoms with Crippen LogP contribution in [0.3, 0.4) is 0 Å². The topological polar surface area (TPSA) is 62.4 Å². The lowest BCUT2D eigenvalue weighted by atomic mass is 10.1. The van der Waals surface area contributed by atoms with E-state index in [-0.39, 0.29) is 29.2 Å². The Kier molecular flexibility index (Phi) is 4.30. The minimum absolute atomic E-state index is 0.0159. The zero-order valence-corrected chi connectivity index (χ0v) is 13.3. The molecule has 1 aromatic carbocycles. The van der Waals surface area contributed by atoms with Crippen molar-refractivity contribution in [3.8, 4) is 11.3 Å². The molecule has 2 unspecified atom stereocenters. The highest BCUT2D eigenvalue weighted by Gasteiger charge is 2.29. The third-order valence-corrected chi connectivity index (χ3v) is 4.09. The lowest BCUT2D eigenvalue weighted by Crippen LogP contribution is -2.51. The van der Waals surface area contributed by atoms with Crippen molar-refractivity contribution in [2.45, 2.75) is 26.0 Å². The van der Waals surface area contributed by atoms with E-state index in [2.05, 4.69) is 4.98 Å². The van der Waals surface area contributed by atoms with Gasteiger partial charge in [-0.1, -0.05) is 30.3 Å². The summed E-state index contributed by atoms with van der Waals surface area (Å²) in [6.07, 6.45) is -0.0159. The molecular formula is C18H20N2O3. The molecule has 2 aromatic rings. The minimum Gasteiger partial charge on any atom is -0.375 e. The Balaban J connectivity index is 1.89. The first kappa shape index (κ1) is 15.5. The number of H-pyrrole nitrogens is 1. The molecular weight excluding hydrogens is 292 g/mol. The van der Waals surface area contributed by atoms with Gasteiger partial charge in [-0.25, -0.2) is 0 Å². The highest BCUT2D eigenvalue weighted by Crippen LogP contribution is 2.17. The molecule has 1 fully saturated rings. The van der Waals surface area contributed by atoms with E-state index >= 15 is 0 Å². The van der Waals surface area contributed by atoms with Crippen molar-refractivity contribution >= 4 is 5.91 Å². The van der Waals surface area contributed by atoms with Gasteiger partial charge in [0.15, 0.2) is 0 Å². The molecule has 5 nitrogen and oxygen atoms in total. The summed E-state index contributed by atoms with van der Waals surface area (Å²) in [4.78, 5) is 29.5. The first-order valence-electron chi connectivity index (χ1n) is 7.77. The monoisotopic (exact) mass is 312 g/mol. The predicted molar refractivity (Wildman–Crippen MR) is 88.4 cm³/mol. The Morgan fingerprint density at radius 2 is 1.91 bits per heavy atom. The molecule has 1 N–H and O–H groups in total. The fourth-order valence-electron chi connectivity index (χ4n) is 2.77. The van der Waals surface area contributed by atoms with Crippen molar-refractivity contribution in [3.63, 3.8) is 0 Å². The third-order valence-electron chi connectivity index (χ3n) is 4.09. The molecule has 5 heteroatoms. The second-order valence-corrected chi connectivity index (χ2v) is 5.93. The second-order valence-electron chi connectivity index (χ2n) is 5.93. The Hall–Kier alpha value is -2.40. The molecule has 1 aliphatic rings. The molecule has 0 bridgehead atoms. The highest BCUT2D eigenvalue weighted by molar-refractivity contribution is 5.94. The number of carbonyl (C=O) groups is 1. The van der Waals surface area contributed by atoms with Gasteiger partial charge >= 0.3 is 0 Å². The van der Waals surface area contributed by atoms with Gasteiger partial charge in [-0.15, -0.1) is 0 Å². The molecule has 0 saturated carbocycles. The summed E-state index contributed by atoms with van der Waals surface area (Å²) in [5.74, 6) is -0.242. The molecule has 120 valence electrons. The molecule has 1 amide bonds. The van der Waals surface area contributed by atoms with E-state index in [4.69, 9.17) is 4.74 Å². The van der Waals surface area contributed by atoms with Gasteiger partial charge in [0.1, 0.15) is 5.56 Å². The quantitative estimate of drug-likeness (QED) is 0.925. The molecule has 2 heterocycles. The molecule has 0 aliphatic carbocycles. The Morgan fingerprint density at radius 3 is 2.61 bits per heavy atom. The number of hydrogen-bond acceptors (Lipinski definition) is 3. The van der Waals surface area contributed by atoms with Gasteiger partial charge in [-0.05, 0) is 31.5 Å². The summed E-state index contributed by atoms with van der Waals surface area (Å²) >= 11 is 0. The number of benzene rings is 1. The van der Waals surface area contributed by atoms with Crippen molar-refractivity contribution in [3.05, 3.63) is 58.4 Å². The predicted octanol–water partition coefficient (Wildman–Crippen LogP) is 2.29. The number of ether oxygens (including phenoxy) is 1. The van der Waals surface area contributed by atoms with Gasteiger partial charge in [0, 0.05) is 12.2 Å². The Bertz CT molecular complexity index is 754. The first-order valence-corrected chi connectivity index (χ1v) is 7.77. The largest absolute Gasteiger partial charge is 0.375 e. The van der Waals surface area contributed by atoms with E-state index in [1.807, 2.05) is 44.2 Å². The fraction of sp³-hybridized carbons (Fsp3) is 0.333. The summed E-state index contributed by atoms with van der Waals surface area (Å²) in [6.45, 7) is 4.85. The van der Waals surface area contributed by atoms with Crippen LogP contribution in [0.2, 0.25) is 0 Å². The van der Waals surface area contributed by atoms with Crippen LogP contribution >= 0.6 is 0 Å². The summed E-state index contributed by atoms with van der Waals surface area (Å²) < 4.78 is 5.53. The van der Waals surface area contributed by atoms with Crippen LogP contribution < -0.4 is 5.56 Å². The second kappa shape index (κ2) is 6.38. The van der Waals surface area contributed by atoms with Crippen LogP contribution in [-0.4, -0.2) is 41.1 Å². The minimum atomic E-state index is -0.359. The van der Waals surface area contributed by atoms with Crippen LogP contribution in [0.15, 0.2) is 47.3 Å². The lowest BCUT2D eigenvalue weighted by Gasteiger charge is -2.36. The highest BCUT2D eigenvalue weighted by atomic mass is 16.5. The first-order chi connectivity index (χ1) is 11.1. The molecule has 0 spiro atoms. The maximum absolute atomic E-state index is 12.7. The summed E-state index contributed by atoms with van der Waals surface area (Å²) in [5.41, 5.74) is 1.43. The number of nitrogens with zero attached hydrogens (tertiary/aromatic N) is 1. The maximum Gasteiger partial charge on any atom is 0.261 e. The van der Waals surface area contributed by atoms with E-state index in [0.29, 0.717) is 18.8 Å². The van der Waals surface area contributed by atoms with Crippen molar-refractivity contribution < 1.29 is 9.53 Å². The van der Waals surface area contributed by atoms with Gasteiger partial charge < -0.3 is 14.6 Å². The molecule has 1 aromatic heterocycles. The van der Waals surface area contributed by atoms with E-state index in [9.17, 15) is 9.59 Å². The van der Waals surface area contributed by atoms with Crippen LogP contribution in [0, 0.1) is 0 Å². The molecule has 1 saturated heterocycles. The number of aromatic amines is 1. The van der Waals surface area contributed by atoms with Gasteiger partial charge in [-0.3, -0.25) is 9.59 Å². The Labute approximate surface area is 134 Å². The number of aromatic nitrogens is 1. The van der Waals surface area contributed by atoms with Gasteiger partial charge in [0.2, 0.25) is 0 Å². The molecule has 1 aliphatic heterocycles. The van der Waals surface area contributed by atoms with Crippen LogP contribution in [0.1, 0.15) is 24.2 Å². The van der Waals surface area contributed by atoms with Gasteiger partial charge in [-0.2, -0.15) is 0 Å². The molecule has 0 radical (unpaired) electrons. The number of hydrogen-bond donors (Lipinski definition) is 1. The summed E-state index contributed by atoms with van der Waals surface area (Å²) in [7, 11) is 0. The SMILES string of the molecule is CC1CN(C(=O)c2ccc(-c3ccccc3)[nH]c2=O)C(C)CO1. The number of carbonyl (C=O) groups excluding carboxylic acids is 1. The zero-order chi connectivity index (χ0) is 16.4. The van der Waals surface area contributed by atoms with Gasteiger partial charge in [0.25, 0.3) is 11.5 Å². The summed E-state index contributed by atoms with van der Waals surface area (Å²) in [5, 5.41) is 0. The normalized spacial score (nSPS) is 21.2. The molecule has 2 atom stereocenters. The summed E-state index contributed by atoms with van der Waals surface area (Å²) in [6, 6.07) is 12.9. The smallest absolute Gasteiger partial charge is 0.261 e. The standard InChI is InChI=1S/C18H20N2O3/c1-12-11-23-13(2)10-20(12)18(22)15-8-9-16(19-17(15)21)14-6-4-3-5-7-14/h3-9,12-13H,10-11H2,1-2H3,(H,19,21). The van der Waals surface area contributed by atoms with Crippen molar-refractivity contribution in [1.82, 2.24) is 9.88 Å². The maximum atomic E-state index is 12.7. The van der Waals surface area contributed by atoms with Crippen molar-refractivity contribution in [2.75, 3.05) is 13.2 Å². The van der Waals surface area contributed by atoms with Gasteiger partial charge in [0.05, 0.1) is 18.8 Å². The molecule has 23 heavy (non-hydrogen) atoms. The Morgan fingerprint density at radius 1 is 1.17 bits per heavy atom. The zero-order valence-electron chi connectivity index (χ0n) is 13.3. The number of nitrogens with one attached hydrogen (secondary N) is 1. The van der Waals surface area contributed by atoms with Crippen LogP contribution in [0.5, 0.6) is 0 Å². The lowest BCUT2D eigenvalue weighted by molar-refractivity contribution is -0.0387. The molecule has 3 rings (SSSR count). The average molecular weight is 312 g/mol. The van der Waals surface area contributed by atoms with E-state index in [0.717, 1.165) is 5.56 Å². The average Bonchev–Trinajstić information content (AvgIpc) is 2.57. The fourth-order valence-corrected chi connectivity index (χ4v) is 2.77. The van der Waals surface area contributed by atoms with Crippen LogP contribution in [-0.2, 0) is 4.74 Å². The number of pyridine rings is 1. The van der Waals surface area contributed by atoms with Crippen LogP contribution in [0.4, 0.5) is 0 Å². The number of morpholine rings is 1. The number of rotatable bonds is 2. The van der Waals surface area contributed by atoms with Crippen molar-refractivity contribution in [1.29, 1.82) is 0 Å².